The first kappa shape index (κ1) is 20.0. The van der Waals surface area contributed by atoms with Crippen LogP contribution in [0.4, 0.5) is 0 Å². The predicted molar refractivity (Wildman–Crippen MR) is 95.7 cm³/mol. The first-order valence-electron chi connectivity index (χ1n) is 8.76. The summed E-state index contributed by atoms with van der Waals surface area (Å²) in [5.41, 5.74) is 7.14. The van der Waals surface area contributed by atoms with Gasteiger partial charge >= 0.3 is 0 Å². The van der Waals surface area contributed by atoms with Gasteiger partial charge in [0, 0.05) is 6.42 Å². The molecule has 0 spiro atoms. The van der Waals surface area contributed by atoms with Crippen molar-refractivity contribution in [2.45, 2.75) is 72.3 Å². The molecule has 0 aliphatic heterocycles. The van der Waals surface area contributed by atoms with E-state index in [9.17, 15) is 9.59 Å². The summed E-state index contributed by atoms with van der Waals surface area (Å²) in [6.45, 7) is 7.82. The minimum absolute atomic E-state index is 0.168. The van der Waals surface area contributed by atoms with E-state index in [1.54, 1.807) is 6.92 Å². The van der Waals surface area contributed by atoms with Crippen LogP contribution in [0, 0.1) is 13.8 Å². The summed E-state index contributed by atoms with van der Waals surface area (Å²) < 4.78 is 5.61. The number of hydrazine groups is 1. The monoisotopic (exact) mass is 334 g/mol. The number of hydrogen-bond acceptors (Lipinski definition) is 3. The lowest BCUT2D eigenvalue weighted by molar-refractivity contribution is -0.132. The molecule has 0 saturated heterocycles. The Labute approximate surface area is 145 Å². The summed E-state index contributed by atoms with van der Waals surface area (Å²) in [6.07, 6.45) is 5.16. The van der Waals surface area contributed by atoms with E-state index in [-0.39, 0.29) is 11.8 Å². The van der Waals surface area contributed by atoms with Crippen molar-refractivity contribution in [3.8, 4) is 5.75 Å². The van der Waals surface area contributed by atoms with Gasteiger partial charge in [0.15, 0.2) is 6.10 Å². The van der Waals surface area contributed by atoms with Gasteiger partial charge in [0.2, 0.25) is 5.91 Å². The zero-order valence-corrected chi connectivity index (χ0v) is 15.3. The van der Waals surface area contributed by atoms with Gasteiger partial charge in [-0.1, -0.05) is 38.7 Å². The van der Waals surface area contributed by atoms with Crippen molar-refractivity contribution < 1.29 is 14.3 Å². The maximum absolute atomic E-state index is 12.0. The summed E-state index contributed by atoms with van der Waals surface area (Å²) in [6, 6.07) is 5.69. The molecular weight excluding hydrogens is 304 g/mol. The molecule has 24 heavy (non-hydrogen) atoms. The molecule has 2 amide bonds. The number of rotatable bonds is 9. The molecule has 0 radical (unpaired) electrons. The van der Waals surface area contributed by atoms with Gasteiger partial charge in [-0.15, -0.1) is 0 Å². The van der Waals surface area contributed by atoms with Gasteiger partial charge in [0.05, 0.1) is 0 Å². The molecule has 2 N–H and O–H groups in total. The Kier molecular flexibility index (Phi) is 8.90. The Morgan fingerprint density at radius 1 is 1.04 bits per heavy atom. The number of aryl methyl sites for hydroxylation is 2. The topological polar surface area (TPSA) is 67.4 Å². The number of hydrogen-bond donors (Lipinski definition) is 2. The summed E-state index contributed by atoms with van der Waals surface area (Å²) >= 11 is 0. The molecule has 5 nitrogen and oxygen atoms in total. The van der Waals surface area contributed by atoms with Gasteiger partial charge in [0.25, 0.3) is 5.91 Å². The van der Waals surface area contributed by atoms with E-state index >= 15 is 0 Å². The van der Waals surface area contributed by atoms with Crippen LogP contribution in [-0.4, -0.2) is 17.9 Å². The van der Waals surface area contributed by atoms with Crippen LogP contribution < -0.4 is 15.6 Å². The van der Waals surface area contributed by atoms with Crippen LogP contribution in [-0.2, 0) is 9.59 Å². The Morgan fingerprint density at radius 3 is 2.42 bits per heavy atom. The highest BCUT2D eigenvalue weighted by molar-refractivity contribution is 5.84. The first-order valence-corrected chi connectivity index (χ1v) is 8.76. The highest BCUT2D eigenvalue weighted by Gasteiger charge is 2.15. The van der Waals surface area contributed by atoms with E-state index in [1.807, 2.05) is 32.0 Å². The van der Waals surface area contributed by atoms with Crippen LogP contribution in [0.15, 0.2) is 18.2 Å². The normalized spacial score (nSPS) is 11.7. The van der Waals surface area contributed by atoms with Gasteiger partial charge in [-0.3, -0.25) is 20.4 Å². The fourth-order valence-electron chi connectivity index (χ4n) is 2.23. The Balaban J connectivity index is 2.28. The lowest BCUT2D eigenvalue weighted by Crippen LogP contribution is -2.47. The molecule has 1 unspecified atom stereocenters. The summed E-state index contributed by atoms with van der Waals surface area (Å²) in [5, 5.41) is 0. The highest BCUT2D eigenvalue weighted by Crippen LogP contribution is 2.17. The minimum Gasteiger partial charge on any atom is -0.481 e. The van der Waals surface area contributed by atoms with Crippen molar-refractivity contribution in [2.24, 2.45) is 0 Å². The molecule has 1 atom stereocenters. The van der Waals surface area contributed by atoms with E-state index in [2.05, 4.69) is 17.8 Å². The second kappa shape index (κ2) is 10.7. The van der Waals surface area contributed by atoms with Gasteiger partial charge in [0.1, 0.15) is 5.75 Å². The Bertz CT molecular complexity index is 543. The van der Waals surface area contributed by atoms with Crippen molar-refractivity contribution in [1.29, 1.82) is 0 Å². The van der Waals surface area contributed by atoms with Gasteiger partial charge in [-0.05, 0) is 50.5 Å². The fourth-order valence-corrected chi connectivity index (χ4v) is 2.23. The zero-order valence-electron chi connectivity index (χ0n) is 15.3. The summed E-state index contributed by atoms with van der Waals surface area (Å²) in [5.74, 6) is 0.105. The van der Waals surface area contributed by atoms with Crippen LogP contribution in [0.25, 0.3) is 0 Å². The molecule has 0 aliphatic rings. The minimum atomic E-state index is -0.683. The van der Waals surface area contributed by atoms with Crippen molar-refractivity contribution >= 4 is 11.8 Å². The van der Waals surface area contributed by atoms with Crippen molar-refractivity contribution in [2.75, 3.05) is 0 Å². The summed E-state index contributed by atoms with van der Waals surface area (Å²) in [7, 11) is 0. The largest absolute Gasteiger partial charge is 0.481 e. The van der Waals surface area contributed by atoms with E-state index in [0.29, 0.717) is 12.2 Å². The molecule has 0 aliphatic carbocycles. The van der Waals surface area contributed by atoms with Gasteiger partial charge in [-0.2, -0.15) is 0 Å². The third-order valence-corrected chi connectivity index (χ3v) is 3.99. The van der Waals surface area contributed by atoms with Crippen LogP contribution >= 0.6 is 0 Å². The second-order valence-corrected chi connectivity index (χ2v) is 6.21. The molecule has 134 valence electrons. The van der Waals surface area contributed by atoms with Crippen LogP contribution in [0.2, 0.25) is 0 Å². The maximum Gasteiger partial charge on any atom is 0.279 e. The standard InChI is InChI=1S/C19H30N2O3/c1-5-6-7-8-9-10-18(22)20-21-19(23)16(4)24-17-12-11-14(2)15(3)13-17/h11-13,16H,5-10H2,1-4H3,(H,20,22)(H,21,23). The predicted octanol–water partition coefficient (Wildman–Crippen LogP) is 3.58. The third kappa shape index (κ3) is 7.49. The van der Waals surface area contributed by atoms with Crippen molar-refractivity contribution in [3.05, 3.63) is 29.3 Å². The number of ether oxygens (including phenoxy) is 1. The lowest BCUT2D eigenvalue weighted by Gasteiger charge is -2.16. The number of benzene rings is 1. The lowest BCUT2D eigenvalue weighted by atomic mass is 10.1. The average Bonchev–Trinajstić information content (AvgIpc) is 2.55. The number of carbonyl (C=O) groups is 2. The molecule has 0 saturated carbocycles. The van der Waals surface area contributed by atoms with Gasteiger partial charge < -0.3 is 4.74 Å². The van der Waals surface area contributed by atoms with E-state index in [4.69, 9.17) is 4.74 Å². The quantitative estimate of drug-likeness (QED) is 0.536. The van der Waals surface area contributed by atoms with E-state index in [1.165, 1.54) is 18.4 Å². The molecule has 0 aromatic heterocycles. The Morgan fingerprint density at radius 2 is 1.75 bits per heavy atom. The smallest absolute Gasteiger partial charge is 0.279 e. The second-order valence-electron chi connectivity index (χ2n) is 6.21. The number of unbranched alkanes of at least 4 members (excludes halogenated alkanes) is 4. The molecule has 0 bridgehead atoms. The van der Waals surface area contributed by atoms with Crippen LogP contribution in [0.5, 0.6) is 5.75 Å². The number of carbonyl (C=O) groups excluding carboxylic acids is 2. The SMILES string of the molecule is CCCCCCCC(=O)NNC(=O)C(C)Oc1ccc(C)c(C)c1. The molecule has 1 aromatic rings. The third-order valence-electron chi connectivity index (χ3n) is 3.99. The molecule has 1 aromatic carbocycles. The Hall–Kier alpha value is -2.04. The van der Waals surface area contributed by atoms with Gasteiger partial charge in [-0.25, -0.2) is 0 Å². The molecule has 0 fully saturated rings. The average molecular weight is 334 g/mol. The maximum atomic E-state index is 12.0. The molecular formula is C19H30N2O3. The summed E-state index contributed by atoms with van der Waals surface area (Å²) in [4.78, 5) is 23.6. The van der Waals surface area contributed by atoms with E-state index in [0.717, 1.165) is 24.8 Å². The molecule has 1 rings (SSSR count). The van der Waals surface area contributed by atoms with Crippen LogP contribution in [0.3, 0.4) is 0 Å². The molecule has 0 heterocycles. The number of amides is 2. The zero-order chi connectivity index (χ0) is 17.9. The molecule has 5 heteroatoms. The van der Waals surface area contributed by atoms with E-state index < -0.39 is 6.10 Å². The number of nitrogens with one attached hydrogen (secondary N) is 2. The van der Waals surface area contributed by atoms with Crippen molar-refractivity contribution in [3.63, 3.8) is 0 Å². The van der Waals surface area contributed by atoms with Crippen LogP contribution in [0.1, 0.15) is 63.5 Å². The highest BCUT2D eigenvalue weighted by atomic mass is 16.5. The fraction of sp³-hybridized carbons (Fsp3) is 0.579. The van der Waals surface area contributed by atoms with Crippen molar-refractivity contribution in [1.82, 2.24) is 10.9 Å². The first-order chi connectivity index (χ1) is 11.4.